The van der Waals surface area contributed by atoms with E-state index in [1.165, 1.54) is 0 Å². The van der Waals surface area contributed by atoms with Crippen LogP contribution < -0.4 is 9.80 Å². The minimum atomic E-state index is -1.72. The van der Waals surface area contributed by atoms with Crippen LogP contribution in [0.5, 0.6) is 11.5 Å². The zero-order chi connectivity index (χ0) is 33.8. The topological polar surface area (TPSA) is 81.1 Å². The lowest BCUT2D eigenvalue weighted by Crippen LogP contribution is -2.21. The van der Waals surface area contributed by atoms with Crippen LogP contribution in [0.1, 0.15) is 68.8 Å². The first-order valence-electron chi connectivity index (χ1n) is 14.4. The molecule has 47 heavy (non-hydrogen) atoms. The van der Waals surface area contributed by atoms with Gasteiger partial charge in [-0.3, -0.25) is 9.59 Å². The molecular weight excluding hydrogens is 693 g/mol. The van der Waals surface area contributed by atoms with Crippen molar-refractivity contribution in [2.45, 2.75) is 42.5 Å². The van der Waals surface area contributed by atoms with Gasteiger partial charge in [-0.15, -0.1) is 0 Å². The quantitative estimate of drug-likeness (QED) is 0.101. The Morgan fingerprint density at radius 2 is 1.04 bits per heavy atom. The molecule has 0 aliphatic carbocycles. The van der Waals surface area contributed by atoms with Crippen molar-refractivity contribution in [3.05, 3.63) is 120 Å². The van der Waals surface area contributed by atoms with Crippen LogP contribution in [0.3, 0.4) is 0 Å². The van der Waals surface area contributed by atoms with E-state index in [9.17, 15) is 19.8 Å². The SMILES string of the molecule is C.C.CCN(CC)c1ccc(C(=O)c2ccccc2)c(O)c1.CCN(CC)c1cccc(O)c1.O=C(Cl)c1ccccc1.[Cl][Al]([Cl])[Cl]. The van der Waals surface area contributed by atoms with E-state index in [4.69, 9.17) is 41.7 Å². The number of nitrogens with zero attached hydrogens (tertiary/aromatic N) is 2. The number of hydrogen-bond donors (Lipinski definition) is 2. The summed E-state index contributed by atoms with van der Waals surface area (Å²) in [6, 6.07) is 30.3. The molecule has 0 aromatic heterocycles. The fourth-order valence-corrected chi connectivity index (χ4v) is 4.22. The molecule has 0 saturated heterocycles. The van der Waals surface area contributed by atoms with Gasteiger partial charge < -0.3 is 20.0 Å². The van der Waals surface area contributed by atoms with Gasteiger partial charge in [-0.2, -0.15) is 0 Å². The fourth-order valence-electron chi connectivity index (χ4n) is 4.09. The summed E-state index contributed by atoms with van der Waals surface area (Å²) in [6.45, 7) is 12.0. The molecule has 0 heterocycles. The van der Waals surface area contributed by atoms with Gasteiger partial charge in [-0.1, -0.05) is 81.6 Å². The molecule has 4 aromatic carbocycles. The van der Waals surface area contributed by atoms with Crippen LogP contribution in [0.2, 0.25) is 0 Å². The zero-order valence-electron chi connectivity index (χ0n) is 25.8. The second-order valence-electron chi connectivity index (χ2n) is 9.15. The van der Waals surface area contributed by atoms with Crippen molar-refractivity contribution in [1.29, 1.82) is 0 Å². The Morgan fingerprint density at radius 1 is 0.617 bits per heavy atom. The average molecular weight is 741 g/mol. The van der Waals surface area contributed by atoms with Crippen LogP contribution in [-0.4, -0.2) is 58.8 Å². The molecular formula is C36H47AlCl4N2O4. The van der Waals surface area contributed by atoms with Crippen molar-refractivity contribution in [2.24, 2.45) is 0 Å². The molecule has 4 aromatic rings. The summed E-state index contributed by atoms with van der Waals surface area (Å²) in [6.07, 6.45) is 0. The number of anilines is 2. The molecule has 6 nitrogen and oxygen atoms in total. The van der Waals surface area contributed by atoms with E-state index in [2.05, 4.69) is 37.5 Å². The maximum absolute atomic E-state index is 12.3. The van der Waals surface area contributed by atoms with Gasteiger partial charge in [0, 0.05) is 60.8 Å². The normalized spacial score (nSPS) is 9.19. The number of rotatable bonds is 9. The van der Waals surface area contributed by atoms with Gasteiger partial charge in [0.1, 0.15) is 11.5 Å². The molecule has 256 valence electrons. The first kappa shape index (κ1) is 46.2. The number of phenols is 2. The Hall–Kier alpha value is -2.89. The van der Waals surface area contributed by atoms with Crippen molar-refractivity contribution in [3.63, 3.8) is 0 Å². The Bertz CT molecular complexity index is 1420. The summed E-state index contributed by atoms with van der Waals surface area (Å²) in [4.78, 5) is 27.0. The number of halogens is 4. The van der Waals surface area contributed by atoms with E-state index < -0.39 is 16.6 Å². The summed E-state index contributed by atoms with van der Waals surface area (Å²) in [5, 5.41) is 18.9. The van der Waals surface area contributed by atoms with Crippen molar-refractivity contribution in [2.75, 3.05) is 36.0 Å². The summed E-state index contributed by atoms with van der Waals surface area (Å²) >= 11 is 3.44. The van der Waals surface area contributed by atoms with Gasteiger partial charge in [0.15, 0.2) is 5.78 Å². The van der Waals surface area contributed by atoms with E-state index in [-0.39, 0.29) is 26.4 Å². The first-order valence-corrected chi connectivity index (χ1v) is 20.0. The molecule has 0 fully saturated rings. The minimum Gasteiger partial charge on any atom is -0.508 e. The molecule has 0 bridgehead atoms. The van der Waals surface area contributed by atoms with Gasteiger partial charge >= 0.3 is 11.4 Å². The first-order chi connectivity index (χ1) is 21.5. The van der Waals surface area contributed by atoms with Crippen LogP contribution >= 0.6 is 41.7 Å². The average Bonchev–Trinajstić information content (AvgIpc) is 3.03. The summed E-state index contributed by atoms with van der Waals surface area (Å²) < 4.78 is 0. The highest BCUT2D eigenvalue weighted by molar-refractivity contribution is 7.54. The maximum atomic E-state index is 12.3. The molecule has 0 aliphatic rings. The van der Waals surface area contributed by atoms with Crippen molar-refractivity contribution in [1.82, 2.24) is 0 Å². The van der Waals surface area contributed by atoms with E-state index in [1.807, 2.05) is 42.5 Å². The molecule has 0 saturated carbocycles. The van der Waals surface area contributed by atoms with Crippen molar-refractivity contribution >= 4 is 75.5 Å². The second-order valence-corrected chi connectivity index (χ2v) is 15.9. The fraction of sp³-hybridized carbons (Fsp3) is 0.278. The third-order valence-electron chi connectivity index (χ3n) is 6.35. The zero-order valence-corrected chi connectivity index (χ0v) is 30.0. The molecule has 0 aliphatic heterocycles. The highest BCUT2D eigenvalue weighted by atomic mass is 35.8. The van der Waals surface area contributed by atoms with Crippen LogP contribution in [0.25, 0.3) is 0 Å². The molecule has 2 N–H and O–H groups in total. The van der Waals surface area contributed by atoms with E-state index in [1.54, 1.807) is 60.7 Å². The Labute approximate surface area is 303 Å². The lowest BCUT2D eigenvalue weighted by molar-refractivity contribution is 0.103. The summed E-state index contributed by atoms with van der Waals surface area (Å²) in [5.41, 5.74) is 3.47. The molecule has 0 amide bonds. The number of phenolic OH excluding ortho intramolecular Hbond substituents is 2. The maximum Gasteiger partial charge on any atom is 0.643 e. The third-order valence-corrected chi connectivity index (χ3v) is 6.57. The van der Waals surface area contributed by atoms with Gasteiger partial charge in [-0.05, 0) is 63.6 Å². The molecule has 0 unspecified atom stereocenters. The molecule has 4 rings (SSSR count). The third kappa shape index (κ3) is 17.7. The largest absolute Gasteiger partial charge is 0.643 e. The van der Waals surface area contributed by atoms with E-state index in [0.29, 0.717) is 22.4 Å². The van der Waals surface area contributed by atoms with Crippen LogP contribution in [0.15, 0.2) is 103 Å². The van der Waals surface area contributed by atoms with Crippen molar-refractivity contribution < 1.29 is 19.8 Å². The molecule has 0 spiro atoms. The monoisotopic (exact) mass is 738 g/mol. The molecule has 11 heteroatoms. The van der Waals surface area contributed by atoms with E-state index in [0.717, 1.165) is 37.6 Å². The molecule has 0 radical (unpaired) electrons. The Balaban J connectivity index is 0. The van der Waals surface area contributed by atoms with Crippen LogP contribution in [0.4, 0.5) is 11.4 Å². The predicted octanol–water partition coefficient (Wildman–Crippen LogP) is 10.7. The number of carbonyl (C=O) groups is 2. The van der Waals surface area contributed by atoms with E-state index >= 15 is 0 Å². The van der Waals surface area contributed by atoms with Crippen LogP contribution in [-0.2, 0) is 0 Å². The van der Waals surface area contributed by atoms with Gasteiger partial charge in [0.05, 0.1) is 5.56 Å². The predicted molar refractivity (Wildman–Crippen MR) is 207 cm³/mol. The highest BCUT2D eigenvalue weighted by Crippen LogP contribution is 2.26. The standard InChI is InChI=1S/C17H19NO2.C10H15NO.C7H5ClO.2CH4.Al.3ClH/c1-3-18(4-2)14-10-11-15(16(19)12-14)17(20)13-8-6-5-7-9-13;1-3-11(4-2)9-6-5-7-10(12)8-9;8-7(9)6-4-2-1-3-5-6;;;;;;/h5-12,19H,3-4H2,1-2H3;5-8,12H,3-4H2,1-2H3;1-5H;2*1H4;;3*1H/q;;;;;+3;;;/p-3. The number of aromatic hydroxyl groups is 2. The number of ketones is 1. The van der Waals surface area contributed by atoms with Gasteiger partial charge in [0.2, 0.25) is 0 Å². The number of carbonyl (C=O) groups excluding carboxylic acids is 2. The smallest absolute Gasteiger partial charge is 0.508 e. The highest BCUT2D eigenvalue weighted by Gasteiger charge is 2.14. The van der Waals surface area contributed by atoms with Gasteiger partial charge in [0.25, 0.3) is 5.24 Å². The lowest BCUT2D eigenvalue weighted by atomic mass is 10.0. The molecule has 0 atom stereocenters. The number of benzene rings is 4. The summed E-state index contributed by atoms with van der Waals surface area (Å²) in [5.74, 6) is 0.205. The van der Waals surface area contributed by atoms with Gasteiger partial charge in [-0.25, -0.2) is 30.1 Å². The van der Waals surface area contributed by atoms with Crippen molar-refractivity contribution in [3.8, 4) is 11.5 Å². The summed E-state index contributed by atoms with van der Waals surface area (Å²) in [7, 11) is 14.8. The Kier molecular flexibility index (Phi) is 25.7. The number of hydrogen-bond acceptors (Lipinski definition) is 6. The Morgan fingerprint density at radius 3 is 1.40 bits per heavy atom. The van der Waals surface area contributed by atoms with Crippen LogP contribution in [0, 0.1) is 0 Å². The minimum absolute atomic E-state index is 0. The second kappa shape index (κ2) is 26.1. The lowest BCUT2D eigenvalue weighted by Gasteiger charge is -2.21.